The summed E-state index contributed by atoms with van der Waals surface area (Å²) in [6, 6.07) is 0. The number of carbonyl (C=O) groups is 2. The van der Waals surface area contributed by atoms with E-state index in [4.69, 9.17) is 10.2 Å². The molecular weight excluding hydrogens is 159 g/mol. The predicted octanol–water partition coefficient (Wildman–Crippen LogP) is -0.707. The zero-order chi connectivity index (χ0) is 8.15. The van der Waals surface area contributed by atoms with Gasteiger partial charge in [-0.2, -0.15) is 0 Å². The van der Waals surface area contributed by atoms with E-state index in [0.29, 0.717) is 0 Å². The van der Waals surface area contributed by atoms with Gasteiger partial charge in [-0.1, -0.05) is 0 Å². The minimum atomic E-state index is -1.68. The molecule has 0 saturated carbocycles. The molecule has 0 bridgehead atoms. The number of ketones is 1. The molecule has 0 aromatic rings. The number of hydrogen-bond donors (Lipinski definition) is 2. The van der Waals surface area contributed by atoms with Crippen LogP contribution in [0, 0.1) is 0 Å². The van der Waals surface area contributed by atoms with Crippen LogP contribution in [0.2, 0.25) is 0 Å². The molecule has 0 aliphatic heterocycles. The van der Waals surface area contributed by atoms with E-state index in [2.05, 4.69) is 0 Å². The Morgan fingerprint density at radius 3 is 2.10 bits per heavy atom. The molecule has 0 saturated heterocycles. The van der Waals surface area contributed by atoms with Crippen LogP contribution in [-0.4, -0.2) is 34.2 Å². The van der Waals surface area contributed by atoms with Gasteiger partial charge >= 0.3 is 5.97 Å². The largest absolute Gasteiger partial charge is 0.475 e. The van der Waals surface area contributed by atoms with Gasteiger partial charge < -0.3 is 10.2 Å². The van der Waals surface area contributed by atoms with Gasteiger partial charge in [-0.25, -0.2) is 4.79 Å². The molecule has 0 radical (unpaired) electrons. The van der Waals surface area contributed by atoms with Crippen LogP contribution < -0.4 is 0 Å². The molecule has 10 heavy (non-hydrogen) atoms. The first-order valence-corrected chi connectivity index (χ1v) is 3.22. The molecule has 56 valence electrons. The number of hydrogen-bond acceptors (Lipinski definition) is 4. The van der Waals surface area contributed by atoms with Crippen molar-refractivity contribution in [2.45, 2.75) is 5.66 Å². The summed E-state index contributed by atoms with van der Waals surface area (Å²) < 4.78 is 9.94. The summed E-state index contributed by atoms with van der Waals surface area (Å²) >= 11 is 0. The second kappa shape index (κ2) is 4.09. The van der Waals surface area contributed by atoms with Gasteiger partial charge in [0.25, 0.3) is 5.78 Å². The summed E-state index contributed by atoms with van der Waals surface area (Å²) in [6.45, 7) is -0.712. The van der Waals surface area contributed by atoms with Crippen molar-refractivity contribution in [3.63, 3.8) is 0 Å². The lowest BCUT2D eigenvalue weighted by Gasteiger charge is -1.96. The molecular formula is C4H5O5P. The molecule has 0 aromatic carbocycles. The molecule has 1 atom stereocenters. The summed E-state index contributed by atoms with van der Waals surface area (Å²) in [5.74, 6) is -2.92. The first kappa shape index (κ1) is 9.20. The molecule has 0 heterocycles. The van der Waals surface area contributed by atoms with Crippen LogP contribution in [0.3, 0.4) is 0 Å². The third kappa shape index (κ3) is 2.21. The number of carbonyl (C=O) groups excluding carboxylic acids is 1. The van der Waals surface area contributed by atoms with Gasteiger partial charge in [0.15, 0.2) is 8.46 Å². The number of carboxylic acid groups (broad SMARTS) is 1. The second-order valence-corrected chi connectivity index (χ2v) is 2.31. The van der Waals surface area contributed by atoms with Crippen LogP contribution in [0.5, 0.6) is 0 Å². The van der Waals surface area contributed by atoms with E-state index in [1.54, 1.807) is 0 Å². The van der Waals surface area contributed by atoms with Crippen molar-refractivity contribution in [2.75, 3.05) is 6.61 Å². The van der Waals surface area contributed by atoms with Gasteiger partial charge in [-0.05, 0) is 0 Å². The van der Waals surface area contributed by atoms with Gasteiger partial charge in [-0.15, -0.1) is 0 Å². The van der Waals surface area contributed by atoms with Crippen molar-refractivity contribution in [1.82, 2.24) is 0 Å². The lowest BCUT2D eigenvalue weighted by Crippen LogP contribution is -2.26. The first-order valence-electron chi connectivity index (χ1n) is 2.34. The van der Waals surface area contributed by atoms with Gasteiger partial charge in [0, 0.05) is 0 Å². The minimum absolute atomic E-state index is 0.666. The fourth-order valence-electron chi connectivity index (χ4n) is 0.307. The summed E-state index contributed by atoms with van der Waals surface area (Å²) in [5, 5.41) is 16.3. The molecule has 0 amide bonds. The molecule has 0 aliphatic rings. The highest BCUT2D eigenvalue weighted by atomic mass is 31.1. The van der Waals surface area contributed by atoms with E-state index < -0.39 is 32.5 Å². The average Bonchev–Trinajstić information content (AvgIpc) is 1.90. The predicted molar refractivity (Wildman–Crippen MR) is 31.1 cm³/mol. The maximum Gasteiger partial charge on any atom is 0.373 e. The van der Waals surface area contributed by atoms with Crippen LogP contribution in [-0.2, 0) is 14.2 Å². The number of aliphatic carboxylic acids is 1. The Hall–Kier alpha value is -0.800. The fraction of sp³-hybridized carbons (Fsp3) is 0.500. The van der Waals surface area contributed by atoms with Crippen molar-refractivity contribution in [1.29, 1.82) is 0 Å². The zero-order valence-electron chi connectivity index (χ0n) is 4.85. The number of aliphatic hydroxyl groups excluding tert-OH is 1. The molecule has 0 spiro atoms. The fourth-order valence-corrected chi connectivity index (χ4v) is 0.579. The summed E-state index contributed by atoms with van der Waals surface area (Å²) in [7, 11) is -0.666. The third-order valence-electron chi connectivity index (χ3n) is 0.814. The number of aliphatic hydroxyl groups is 1. The van der Waals surface area contributed by atoms with Gasteiger partial charge in [0.1, 0.15) is 5.66 Å². The van der Waals surface area contributed by atoms with Gasteiger partial charge in [0.05, 0.1) is 6.61 Å². The molecule has 0 aromatic heterocycles. The normalized spacial score (nSPS) is 12.9. The number of Topliss-reactive ketones (excluding diaryl/α,β-unsaturated/α-hetero) is 1. The first-order chi connectivity index (χ1) is 4.63. The van der Waals surface area contributed by atoms with Gasteiger partial charge in [-0.3, -0.25) is 9.36 Å². The van der Waals surface area contributed by atoms with E-state index in [0.717, 1.165) is 0 Å². The lowest BCUT2D eigenvalue weighted by molar-refractivity contribution is -0.149. The summed E-state index contributed by atoms with van der Waals surface area (Å²) in [5.41, 5.74) is -1.32. The van der Waals surface area contributed by atoms with Crippen molar-refractivity contribution in [2.24, 2.45) is 0 Å². The minimum Gasteiger partial charge on any atom is -0.475 e. The molecule has 0 aliphatic carbocycles. The number of carboxylic acids is 1. The highest BCUT2D eigenvalue weighted by Crippen LogP contribution is 2.05. The molecule has 2 N–H and O–H groups in total. The Kier molecular flexibility index (Phi) is 3.76. The van der Waals surface area contributed by atoms with Crippen molar-refractivity contribution >= 4 is 20.2 Å². The Morgan fingerprint density at radius 2 is 2.00 bits per heavy atom. The lowest BCUT2D eigenvalue weighted by atomic mass is 10.3. The summed E-state index contributed by atoms with van der Waals surface area (Å²) in [6.07, 6.45) is 0. The van der Waals surface area contributed by atoms with E-state index in [1.165, 1.54) is 0 Å². The summed E-state index contributed by atoms with van der Waals surface area (Å²) in [4.78, 5) is 20.2. The molecule has 0 fully saturated rings. The Bertz CT molecular complexity index is 165. The van der Waals surface area contributed by atoms with Crippen molar-refractivity contribution in [3.05, 3.63) is 0 Å². The third-order valence-corrected chi connectivity index (χ3v) is 1.47. The Morgan fingerprint density at radius 1 is 1.50 bits per heavy atom. The smallest absolute Gasteiger partial charge is 0.373 e. The average molecular weight is 164 g/mol. The highest BCUT2D eigenvalue weighted by Gasteiger charge is 2.24. The topological polar surface area (TPSA) is 91.7 Å². The van der Waals surface area contributed by atoms with E-state index >= 15 is 0 Å². The van der Waals surface area contributed by atoms with Crippen molar-refractivity contribution in [3.8, 4) is 0 Å². The van der Waals surface area contributed by atoms with Crippen molar-refractivity contribution < 1.29 is 24.4 Å². The molecule has 1 unspecified atom stereocenters. The molecule has 6 heteroatoms. The molecule has 0 rings (SSSR count). The maximum absolute atomic E-state index is 10.3. The molecule has 5 nitrogen and oxygen atoms in total. The highest BCUT2D eigenvalue weighted by molar-refractivity contribution is 7.27. The maximum atomic E-state index is 10.3. The van der Waals surface area contributed by atoms with Crippen LogP contribution >= 0.6 is 8.46 Å². The van der Waals surface area contributed by atoms with Gasteiger partial charge in [0.2, 0.25) is 0 Å². The monoisotopic (exact) mass is 164 g/mol. The van der Waals surface area contributed by atoms with Crippen LogP contribution in [0.25, 0.3) is 0 Å². The number of rotatable bonds is 4. The Balaban J connectivity index is 4.15. The second-order valence-electron chi connectivity index (χ2n) is 1.47. The SMILES string of the molecule is O=PC(CO)C(=O)C(=O)O. The zero-order valence-corrected chi connectivity index (χ0v) is 5.75. The van der Waals surface area contributed by atoms with E-state index in [1.807, 2.05) is 0 Å². The van der Waals surface area contributed by atoms with Crippen LogP contribution in [0.1, 0.15) is 0 Å². The van der Waals surface area contributed by atoms with E-state index in [9.17, 15) is 14.2 Å². The Labute approximate surface area is 57.9 Å². The van der Waals surface area contributed by atoms with E-state index in [-0.39, 0.29) is 0 Å². The van der Waals surface area contributed by atoms with Crippen LogP contribution in [0.15, 0.2) is 0 Å². The van der Waals surface area contributed by atoms with Crippen LogP contribution in [0.4, 0.5) is 0 Å². The standard InChI is InChI=1S/C4H5O5P/c5-1-2(10-9)3(6)4(7)8/h2,5H,1H2,(H,7,8). The quantitative estimate of drug-likeness (QED) is 0.423.